The Balaban J connectivity index is 1.95. The van der Waals surface area contributed by atoms with Gasteiger partial charge in [0.1, 0.15) is 5.52 Å². The average molecular weight is 337 g/mol. The molecular weight excluding hydrogens is 319 g/mol. The van der Waals surface area contributed by atoms with Gasteiger partial charge >= 0.3 is 0 Å². The molecule has 1 aromatic carbocycles. The maximum Gasteiger partial charge on any atom is 0.152 e. The summed E-state index contributed by atoms with van der Waals surface area (Å²) in [5.41, 5.74) is 1.97. The minimum atomic E-state index is -0.297. The summed E-state index contributed by atoms with van der Waals surface area (Å²) in [4.78, 5) is 8.95. The van der Waals surface area contributed by atoms with Crippen molar-refractivity contribution in [3.05, 3.63) is 34.3 Å². The molecule has 0 N–H and O–H groups in total. The summed E-state index contributed by atoms with van der Waals surface area (Å²) in [6, 6.07) is 3.27. The van der Waals surface area contributed by atoms with E-state index in [1.165, 1.54) is 38.2 Å². The fourth-order valence-electron chi connectivity index (χ4n) is 3.00. The van der Waals surface area contributed by atoms with E-state index in [4.69, 9.17) is 0 Å². The second-order valence-electron chi connectivity index (χ2n) is 5.59. The van der Waals surface area contributed by atoms with Crippen LogP contribution in [0.3, 0.4) is 0 Å². The van der Waals surface area contributed by atoms with Gasteiger partial charge in [-0.1, -0.05) is 48.0 Å². The number of rotatable bonds is 1. The SMILES string of the molecule is Fc1cc(Br)cc2ncc(C3CCCCCCC3)nc12. The normalized spacial score (nSPS) is 17.9. The number of aromatic nitrogens is 2. The number of benzene rings is 1. The molecule has 0 saturated heterocycles. The zero-order valence-corrected chi connectivity index (χ0v) is 13.0. The van der Waals surface area contributed by atoms with E-state index in [1.54, 1.807) is 0 Å². The van der Waals surface area contributed by atoms with Crippen LogP contribution in [0.15, 0.2) is 22.8 Å². The van der Waals surface area contributed by atoms with Gasteiger partial charge in [-0.15, -0.1) is 0 Å². The van der Waals surface area contributed by atoms with Crippen LogP contribution in [-0.2, 0) is 0 Å². The molecule has 4 heteroatoms. The van der Waals surface area contributed by atoms with E-state index < -0.39 is 0 Å². The summed E-state index contributed by atoms with van der Waals surface area (Å²) >= 11 is 3.29. The van der Waals surface area contributed by atoms with Gasteiger partial charge in [0, 0.05) is 16.6 Å². The molecule has 20 heavy (non-hydrogen) atoms. The third kappa shape index (κ3) is 3.00. The Labute approximate surface area is 126 Å². The summed E-state index contributed by atoms with van der Waals surface area (Å²) in [6.07, 6.45) is 10.6. The van der Waals surface area contributed by atoms with Crippen molar-refractivity contribution in [1.29, 1.82) is 0 Å². The molecule has 1 aliphatic carbocycles. The highest BCUT2D eigenvalue weighted by Gasteiger charge is 2.17. The van der Waals surface area contributed by atoms with Crippen LogP contribution < -0.4 is 0 Å². The van der Waals surface area contributed by atoms with Crippen LogP contribution in [0.25, 0.3) is 11.0 Å². The molecule has 0 aliphatic heterocycles. The Morgan fingerprint density at radius 2 is 1.75 bits per heavy atom. The third-order valence-electron chi connectivity index (χ3n) is 4.11. The van der Waals surface area contributed by atoms with Gasteiger partial charge in [0.25, 0.3) is 0 Å². The minimum Gasteiger partial charge on any atom is -0.253 e. The topological polar surface area (TPSA) is 25.8 Å². The Morgan fingerprint density at radius 1 is 1.05 bits per heavy atom. The Hall–Kier alpha value is -1.03. The molecule has 3 rings (SSSR count). The molecule has 106 valence electrons. The van der Waals surface area contributed by atoms with Crippen molar-refractivity contribution in [2.45, 2.75) is 50.9 Å². The first-order valence-corrected chi connectivity index (χ1v) is 8.15. The van der Waals surface area contributed by atoms with Crippen molar-refractivity contribution in [1.82, 2.24) is 9.97 Å². The highest BCUT2D eigenvalue weighted by atomic mass is 79.9. The van der Waals surface area contributed by atoms with Crippen molar-refractivity contribution in [3.63, 3.8) is 0 Å². The van der Waals surface area contributed by atoms with E-state index in [9.17, 15) is 4.39 Å². The fourth-order valence-corrected chi connectivity index (χ4v) is 3.42. The highest BCUT2D eigenvalue weighted by molar-refractivity contribution is 9.10. The standard InChI is InChI=1S/C16H18BrFN2/c17-12-8-13(18)16-14(9-12)19-10-15(20-16)11-6-4-2-1-3-5-7-11/h8-11H,1-7H2. The second kappa shape index (κ2) is 6.17. The second-order valence-corrected chi connectivity index (χ2v) is 6.51. The fraction of sp³-hybridized carbons (Fsp3) is 0.500. The van der Waals surface area contributed by atoms with Gasteiger partial charge in [-0.3, -0.25) is 4.98 Å². The molecule has 1 heterocycles. The van der Waals surface area contributed by atoms with Gasteiger partial charge in [0.15, 0.2) is 5.82 Å². The van der Waals surface area contributed by atoms with Gasteiger partial charge < -0.3 is 0 Å². The van der Waals surface area contributed by atoms with Crippen molar-refractivity contribution < 1.29 is 4.39 Å². The van der Waals surface area contributed by atoms with Crippen LogP contribution in [0.5, 0.6) is 0 Å². The molecule has 2 aromatic rings. The number of nitrogens with zero attached hydrogens (tertiary/aromatic N) is 2. The highest BCUT2D eigenvalue weighted by Crippen LogP contribution is 2.31. The van der Waals surface area contributed by atoms with E-state index in [-0.39, 0.29) is 5.82 Å². The molecule has 0 atom stereocenters. The summed E-state index contributed by atoms with van der Waals surface area (Å²) in [7, 11) is 0. The summed E-state index contributed by atoms with van der Waals surface area (Å²) in [6.45, 7) is 0. The van der Waals surface area contributed by atoms with Crippen molar-refractivity contribution >= 4 is 27.0 Å². The molecule has 0 unspecified atom stereocenters. The van der Waals surface area contributed by atoms with Gasteiger partial charge in [-0.05, 0) is 25.0 Å². The lowest BCUT2D eigenvalue weighted by atomic mass is 9.89. The number of hydrogen-bond donors (Lipinski definition) is 0. The molecule has 0 amide bonds. The number of fused-ring (bicyclic) bond motifs is 1. The summed E-state index contributed by atoms with van der Waals surface area (Å²) in [5, 5.41) is 0. The maximum atomic E-state index is 14.0. The van der Waals surface area contributed by atoms with E-state index in [2.05, 4.69) is 25.9 Å². The summed E-state index contributed by atoms with van der Waals surface area (Å²) < 4.78 is 14.7. The van der Waals surface area contributed by atoms with E-state index in [0.717, 1.165) is 18.5 Å². The first kappa shape index (κ1) is 13.9. The van der Waals surface area contributed by atoms with Crippen molar-refractivity contribution in [2.24, 2.45) is 0 Å². The molecule has 2 nitrogen and oxygen atoms in total. The largest absolute Gasteiger partial charge is 0.253 e. The molecular formula is C16H18BrFN2. The molecule has 1 fully saturated rings. The number of halogens is 2. The third-order valence-corrected chi connectivity index (χ3v) is 4.57. The van der Waals surface area contributed by atoms with Crippen LogP contribution in [0.4, 0.5) is 4.39 Å². The summed E-state index contributed by atoms with van der Waals surface area (Å²) in [5.74, 6) is 0.143. The van der Waals surface area contributed by atoms with Crippen molar-refractivity contribution in [3.8, 4) is 0 Å². The van der Waals surface area contributed by atoms with Gasteiger partial charge in [-0.2, -0.15) is 0 Å². The average Bonchev–Trinajstić information content (AvgIpc) is 2.38. The van der Waals surface area contributed by atoms with E-state index >= 15 is 0 Å². The van der Waals surface area contributed by atoms with Crippen LogP contribution in [-0.4, -0.2) is 9.97 Å². The predicted molar refractivity (Wildman–Crippen MR) is 82.3 cm³/mol. The van der Waals surface area contributed by atoms with Crippen LogP contribution >= 0.6 is 15.9 Å². The van der Waals surface area contributed by atoms with Crippen LogP contribution in [0.2, 0.25) is 0 Å². The molecule has 0 bridgehead atoms. The van der Waals surface area contributed by atoms with Gasteiger partial charge in [-0.25, -0.2) is 9.37 Å². The van der Waals surface area contributed by atoms with Crippen LogP contribution in [0, 0.1) is 5.82 Å². The van der Waals surface area contributed by atoms with Gasteiger partial charge in [0.2, 0.25) is 0 Å². The smallest absolute Gasteiger partial charge is 0.152 e. The first-order valence-electron chi connectivity index (χ1n) is 7.36. The first-order chi connectivity index (χ1) is 9.74. The Kier molecular flexibility index (Phi) is 4.29. The lowest BCUT2D eigenvalue weighted by Crippen LogP contribution is -2.06. The molecule has 0 radical (unpaired) electrons. The zero-order valence-electron chi connectivity index (χ0n) is 11.4. The molecule has 1 aromatic heterocycles. The molecule has 0 spiro atoms. The molecule has 1 saturated carbocycles. The quantitative estimate of drug-likeness (QED) is 0.700. The lowest BCUT2D eigenvalue weighted by Gasteiger charge is -2.19. The van der Waals surface area contributed by atoms with Crippen LogP contribution in [0.1, 0.15) is 56.6 Å². The van der Waals surface area contributed by atoms with E-state index in [0.29, 0.717) is 21.4 Å². The zero-order chi connectivity index (χ0) is 13.9. The minimum absolute atomic E-state index is 0.297. The van der Waals surface area contributed by atoms with Gasteiger partial charge in [0.05, 0.1) is 11.2 Å². The molecule has 1 aliphatic rings. The van der Waals surface area contributed by atoms with E-state index in [1.807, 2.05) is 12.3 Å². The monoisotopic (exact) mass is 336 g/mol. The predicted octanol–water partition coefficient (Wildman–Crippen LogP) is 5.36. The Bertz CT molecular complexity index is 607. The number of hydrogen-bond acceptors (Lipinski definition) is 2. The Morgan fingerprint density at radius 3 is 2.50 bits per heavy atom. The maximum absolute atomic E-state index is 14.0. The lowest BCUT2D eigenvalue weighted by molar-refractivity contribution is 0.449. The van der Waals surface area contributed by atoms with Crippen molar-refractivity contribution in [2.75, 3.05) is 0 Å².